The number of hydrogen-bond donors (Lipinski definition) is 1. The summed E-state index contributed by atoms with van der Waals surface area (Å²) >= 11 is 0. The number of carbonyl (C=O) groups is 2. The summed E-state index contributed by atoms with van der Waals surface area (Å²) in [6.45, 7) is 12.5. The first-order valence-electron chi connectivity index (χ1n) is 8.57. The first-order valence-corrected chi connectivity index (χ1v) is 8.57. The number of rotatable bonds is 4. The van der Waals surface area contributed by atoms with Crippen molar-refractivity contribution < 1.29 is 23.8 Å². The van der Waals surface area contributed by atoms with E-state index in [1.807, 2.05) is 6.92 Å². The van der Waals surface area contributed by atoms with E-state index >= 15 is 0 Å². The average Bonchev–Trinajstić information content (AvgIpc) is 2.44. The lowest BCUT2D eigenvalue weighted by molar-refractivity contribution is -0.000341. The van der Waals surface area contributed by atoms with E-state index in [-0.39, 0.29) is 6.54 Å². The molecule has 1 aromatic carbocycles. The molecule has 0 fully saturated rings. The highest BCUT2D eigenvalue weighted by molar-refractivity contribution is 5.88. The highest BCUT2D eigenvalue weighted by Gasteiger charge is 2.32. The molecule has 0 bridgehead atoms. The van der Waals surface area contributed by atoms with E-state index in [1.165, 1.54) is 0 Å². The average molecular weight is 366 g/mol. The number of nitrogen functional groups attached to an aromatic ring is 1. The third kappa shape index (κ3) is 6.82. The summed E-state index contributed by atoms with van der Waals surface area (Å²) in [5.41, 5.74) is 5.47. The van der Waals surface area contributed by atoms with E-state index in [2.05, 4.69) is 0 Å². The van der Waals surface area contributed by atoms with Crippen molar-refractivity contribution >= 4 is 17.9 Å². The van der Waals surface area contributed by atoms with Crippen LogP contribution >= 0.6 is 0 Å². The van der Waals surface area contributed by atoms with Gasteiger partial charge in [0.25, 0.3) is 0 Å². The Hall–Kier alpha value is -2.44. The van der Waals surface area contributed by atoms with Gasteiger partial charge in [0.1, 0.15) is 17.0 Å². The van der Waals surface area contributed by atoms with Gasteiger partial charge in [-0.1, -0.05) is 12.1 Å². The Bertz CT molecular complexity index is 616. The summed E-state index contributed by atoms with van der Waals surface area (Å²) in [7, 11) is 0. The lowest BCUT2D eigenvalue weighted by Gasteiger charge is -2.29. The van der Waals surface area contributed by atoms with Crippen molar-refractivity contribution in [2.45, 2.75) is 66.2 Å². The molecule has 0 aliphatic heterocycles. The molecule has 0 saturated heterocycles. The molecule has 0 heterocycles. The monoisotopic (exact) mass is 366 g/mol. The zero-order valence-corrected chi connectivity index (χ0v) is 16.7. The Balaban J connectivity index is 3.19. The first kappa shape index (κ1) is 21.6. The van der Waals surface area contributed by atoms with Gasteiger partial charge in [0.05, 0.1) is 18.8 Å². The lowest BCUT2D eigenvalue weighted by atomic mass is 10.1. The maximum Gasteiger partial charge on any atom is 0.420 e. The number of amides is 2. The topological polar surface area (TPSA) is 91.1 Å². The molecule has 7 heteroatoms. The van der Waals surface area contributed by atoms with Gasteiger partial charge in [-0.15, -0.1) is 0 Å². The molecule has 0 saturated carbocycles. The maximum atomic E-state index is 12.6. The van der Waals surface area contributed by atoms with E-state index in [0.29, 0.717) is 23.6 Å². The fourth-order valence-corrected chi connectivity index (χ4v) is 2.06. The second-order valence-corrected chi connectivity index (χ2v) is 7.82. The largest absolute Gasteiger partial charge is 0.491 e. The lowest BCUT2D eigenvalue weighted by Crippen LogP contribution is -2.43. The number of carbonyl (C=O) groups excluding carboxylic acids is 2. The van der Waals surface area contributed by atoms with Crippen LogP contribution in [0.1, 0.15) is 54.0 Å². The molecule has 0 aromatic heterocycles. The summed E-state index contributed by atoms with van der Waals surface area (Å²) < 4.78 is 16.3. The molecular weight excluding hydrogens is 336 g/mol. The zero-order valence-electron chi connectivity index (χ0n) is 16.7. The molecular formula is C19H30N2O5. The van der Waals surface area contributed by atoms with Crippen LogP contribution in [0.5, 0.6) is 5.75 Å². The normalized spacial score (nSPS) is 11.7. The predicted octanol–water partition coefficient (Wildman–Crippen LogP) is 4.34. The van der Waals surface area contributed by atoms with Crippen molar-refractivity contribution in [3.63, 3.8) is 0 Å². The molecule has 0 atom stereocenters. The van der Waals surface area contributed by atoms with Crippen LogP contribution in [0, 0.1) is 0 Å². The summed E-state index contributed by atoms with van der Waals surface area (Å²) in [4.78, 5) is 26.1. The van der Waals surface area contributed by atoms with Gasteiger partial charge in [0.15, 0.2) is 0 Å². The predicted molar refractivity (Wildman–Crippen MR) is 100 cm³/mol. The van der Waals surface area contributed by atoms with Gasteiger partial charge in [-0.05, 0) is 54.5 Å². The van der Waals surface area contributed by atoms with Crippen molar-refractivity contribution in [1.82, 2.24) is 4.90 Å². The first-order chi connectivity index (χ1) is 11.8. The van der Waals surface area contributed by atoms with E-state index < -0.39 is 23.4 Å². The van der Waals surface area contributed by atoms with E-state index in [4.69, 9.17) is 19.9 Å². The third-order valence-corrected chi connectivity index (χ3v) is 2.97. The fourth-order valence-electron chi connectivity index (χ4n) is 2.06. The Morgan fingerprint density at radius 3 is 1.92 bits per heavy atom. The molecule has 0 spiro atoms. The number of ether oxygens (including phenoxy) is 3. The minimum Gasteiger partial charge on any atom is -0.491 e. The van der Waals surface area contributed by atoms with E-state index in [9.17, 15) is 9.59 Å². The quantitative estimate of drug-likeness (QED) is 0.797. The van der Waals surface area contributed by atoms with Crippen LogP contribution in [0.4, 0.5) is 15.3 Å². The van der Waals surface area contributed by atoms with Crippen molar-refractivity contribution in [1.29, 1.82) is 0 Å². The zero-order chi connectivity index (χ0) is 20.1. The van der Waals surface area contributed by atoms with Crippen LogP contribution < -0.4 is 10.5 Å². The van der Waals surface area contributed by atoms with Gasteiger partial charge in [-0.25, -0.2) is 14.5 Å². The van der Waals surface area contributed by atoms with Gasteiger partial charge in [-0.3, -0.25) is 0 Å². The molecule has 0 unspecified atom stereocenters. The smallest absolute Gasteiger partial charge is 0.420 e. The third-order valence-electron chi connectivity index (χ3n) is 2.97. The van der Waals surface area contributed by atoms with Gasteiger partial charge < -0.3 is 19.9 Å². The SMILES string of the molecule is CCOc1c(N)cccc1CN(C(=O)OC(C)(C)C)C(=O)OC(C)(C)C. The van der Waals surface area contributed by atoms with E-state index in [1.54, 1.807) is 59.7 Å². The van der Waals surface area contributed by atoms with Crippen molar-refractivity contribution in [3.8, 4) is 5.75 Å². The van der Waals surface area contributed by atoms with E-state index in [0.717, 1.165) is 4.90 Å². The van der Waals surface area contributed by atoms with Crippen molar-refractivity contribution in [2.24, 2.45) is 0 Å². The van der Waals surface area contributed by atoms with Crippen molar-refractivity contribution in [2.75, 3.05) is 12.3 Å². The minimum atomic E-state index is -0.795. The molecule has 26 heavy (non-hydrogen) atoms. The highest BCUT2D eigenvalue weighted by atomic mass is 16.6. The highest BCUT2D eigenvalue weighted by Crippen LogP contribution is 2.28. The van der Waals surface area contributed by atoms with Crippen LogP contribution in [0.15, 0.2) is 18.2 Å². The molecule has 0 aliphatic rings. The fraction of sp³-hybridized carbons (Fsp3) is 0.579. The number of imide groups is 1. The van der Waals surface area contributed by atoms with Crippen LogP contribution in [0.3, 0.4) is 0 Å². The minimum absolute atomic E-state index is 0.0792. The number of nitrogens with zero attached hydrogens (tertiary/aromatic N) is 1. The standard InChI is InChI=1S/C19H30N2O5/c1-8-24-15-13(10-9-11-14(15)20)12-21(16(22)25-18(2,3)4)17(23)26-19(5,6)7/h9-11H,8,12,20H2,1-7H3. The molecule has 2 amide bonds. The summed E-state index contributed by atoms with van der Waals surface area (Å²) in [5, 5.41) is 0. The van der Waals surface area contributed by atoms with Crippen molar-refractivity contribution in [3.05, 3.63) is 23.8 Å². The van der Waals surface area contributed by atoms with Gasteiger partial charge in [0, 0.05) is 5.56 Å². The van der Waals surface area contributed by atoms with Gasteiger partial charge in [0.2, 0.25) is 0 Å². The van der Waals surface area contributed by atoms with Gasteiger partial charge >= 0.3 is 12.2 Å². The Labute approximate surface area is 155 Å². The molecule has 7 nitrogen and oxygen atoms in total. The Morgan fingerprint density at radius 2 is 1.50 bits per heavy atom. The number of anilines is 1. The number of nitrogens with two attached hydrogens (primary N) is 1. The molecule has 2 N–H and O–H groups in total. The molecule has 0 radical (unpaired) electrons. The van der Waals surface area contributed by atoms with Crippen LogP contribution in [0.25, 0.3) is 0 Å². The van der Waals surface area contributed by atoms with Crippen LogP contribution in [0.2, 0.25) is 0 Å². The maximum absolute atomic E-state index is 12.6. The summed E-state index contributed by atoms with van der Waals surface area (Å²) in [5.74, 6) is 0.437. The number of benzene rings is 1. The van der Waals surface area contributed by atoms with Crippen LogP contribution in [-0.2, 0) is 16.0 Å². The van der Waals surface area contributed by atoms with Gasteiger partial charge in [-0.2, -0.15) is 0 Å². The number of para-hydroxylation sites is 1. The summed E-state index contributed by atoms with van der Waals surface area (Å²) in [6, 6.07) is 5.17. The molecule has 1 rings (SSSR count). The Morgan fingerprint density at radius 1 is 1.00 bits per heavy atom. The molecule has 146 valence electrons. The second kappa shape index (κ2) is 8.29. The summed E-state index contributed by atoms with van der Waals surface area (Å²) in [6.07, 6.45) is -1.59. The van der Waals surface area contributed by atoms with Crippen LogP contribution in [-0.4, -0.2) is 34.9 Å². The second-order valence-electron chi connectivity index (χ2n) is 7.82. The Kier molecular flexibility index (Phi) is 6.89. The molecule has 1 aromatic rings. The molecule has 0 aliphatic carbocycles. The number of hydrogen-bond acceptors (Lipinski definition) is 6.